The summed E-state index contributed by atoms with van der Waals surface area (Å²) >= 11 is 0. The smallest absolute Gasteiger partial charge is 0.343 e. The van der Waals surface area contributed by atoms with E-state index in [2.05, 4.69) is 15.5 Å². The Morgan fingerprint density at radius 3 is 3.05 bits per heavy atom. The van der Waals surface area contributed by atoms with E-state index in [9.17, 15) is 19.3 Å². The van der Waals surface area contributed by atoms with E-state index in [1.165, 1.54) is 24.4 Å². The minimum Gasteiger partial charge on any atom is -0.358 e. The minimum atomic E-state index is -0.622. The molecule has 9 heteroatoms. The van der Waals surface area contributed by atoms with Crippen LogP contribution in [-0.4, -0.2) is 26.6 Å². The summed E-state index contributed by atoms with van der Waals surface area (Å²) in [5.41, 5.74) is 2.70. The number of benzene rings is 1. The van der Waals surface area contributed by atoms with Gasteiger partial charge in [0.15, 0.2) is 12.4 Å². The highest BCUT2D eigenvalue weighted by Crippen LogP contribution is 2.12. The van der Waals surface area contributed by atoms with E-state index in [1.807, 2.05) is 0 Å². The number of hydrogen-bond acceptors (Lipinski definition) is 5. The molecule has 0 unspecified atom stereocenters. The van der Waals surface area contributed by atoms with Crippen LogP contribution in [-0.2, 0) is 11.3 Å². The highest BCUT2D eigenvalue weighted by molar-refractivity contribution is 5.82. The zero-order chi connectivity index (χ0) is 16.1. The van der Waals surface area contributed by atoms with Crippen molar-refractivity contribution in [1.29, 1.82) is 0 Å². The minimum absolute atomic E-state index is 0.276. The highest BCUT2D eigenvalue weighted by atomic mass is 19.1. The molecular weight excluding hydrogens is 293 g/mol. The summed E-state index contributed by atoms with van der Waals surface area (Å²) in [6.45, 7) is 1.26. The lowest BCUT2D eigenvalue weighted by atomic mass is 10.2. The summed E-state index contributed by atoms with van der Waals surface area (Å²) in [5, 5.41) is 14.5. The fourth-order valence-electron chi connectivity index (χ4n) is 1.74. The highest BCUT2D eigenvalue weighted by Gasteiger charge is 2.19. The standard InChI is InChI=1S/C13H12FN5O3/c1-9-15-7-13(19(21)22)18(9)8-12(20)17-16-6-10-3-2-4-11(14)5-10/h2-7H,8H2,1H3,(H,17,20). The first-order valence-electron chi connectivity index (χ1n) is 6.21. The molecule has 0 saturated carbocycles. The third-order valence-corrected chi connectivity index (χ3v) is 2.77. The van der Waals surface area contributed by atoms with Crippen molar-refractivity contribution in [2.45, 2.75) is 13.5 Å². The van der Waals surface area contributed by atoms with Crippen LogP contribution in [0.3, 0.4) is 0 Å². The lowest BCUT2D eigenvalue weighted by Gasteiger charge is -2.01. The van der Waals surface area contributed by atoms with E-state index < -0.39 is 16.6 Å². The van der Waals surface area contributed by atoms with Crippen molar-refractivity contribution < 1.29 is 14.1 Å². The topological polar surface area (TPSA) is 102 Å². The molecule has 1 amide bonds. The Balaban J connectivity index is 1.99. The van der Waals surface area contributed by atoms with Gasteiger partial charge in [0.05, 0.1) is 6.21 Å². The molecule has 1 aromatic carbocycles. The molecule has 114 valence electrons. The molecule has 1 aromatic heterocycles. The normalized spacial score (nSPS) is 10.8. The van der Waals surface area contributed by atoms with Crippen molar-refractivity contribution in [1.82, 2.24) is 15.0 Å². The van der Waals surface area contributed by atoms with E-state index in [0.717, 1.165) is 10.8 Å². The number of hydrazone groups is 1. The van der Waals surface area contributed by atoms with Crippen LogP contribution >= 0.6 is 0 Å². The quantitative estimate of drug-likeness (QED) is 0.512. The third-order valence-electron chi connectivity index (χ3n) is 2.77. The summed E-state index contributed by atoms with van der Waals surface area (Å²) in [6.07, 6.45) is 2.36. The number of nitrogens with one attached hydrogen (secondary N) is 1. The molecule has 0 saturated heterocycles. The first kappa shape index (κ1) is 15.3. The molecule has 0 atom stereocenters. The second-order valence-electron chi connectivity index (χ2n) is 4.36. The van der Waals surface area contributed by atoms with Gasteiger partial charge >= 0.3 is 5.82 Å². The zero-order valence-corrected chi connectivity index (χ0v) is 11.6. The molecular formula is C13H12FN5O3. The number of carbonyl (C=O) groups is 1. The SMILES string of the molecule is Cc1ncc([N+](=O)[O-])n1CC(=O)NN=Cc1cccc(F)c1. The molecule has 0 aliphatic heterocycles. The van der Waals surface area contributed by atoms with Gasteiger partial charge in [-0.05, 0) is 22.6 Å². The summed E-state index contributed by atoms with van der Waals surface area (Å²) < 4.78 is 14.1. The van der Waals surface area contributed by atoms with Crippen LogP contribution < -0.4 is 5.43 Å². The van der Waals surface area contributed by atoms with Crippen LogP contribution in [0.15, 0.2) is 35.6 Å². The van der Waals surface area contributed by atoms with Gasteiger partial charge in [-0.2, -0.15) is 5.10 Å². The maximum Gasteiger partial charge on any atom is 0.343 e. The van der Waals surface area contributed by atoms with Crippen LogP contribution in [0.1, 0.15) is 11.4 Å². The van der Waals surface area contributed by atoms with Crippen molar-refractivity contribution in [3.8, 4) is 0 Å². The molecule has 0 aliphatic rings. The molecule has 0 aliphatic carbocycles. The maximum absolute atomic E-state index is 12.9. The summed E-state index contributed by atoms with van der Waals surface area (Å²) in [5.74, 6) is -0.908. The summed E-state index contributed by atoms with van der Waals surface area (Å²) in [4.78, 5) is 25.7. The monoisotopic (exact) mass is 305 g/mol. The van der Waals surface area contributed by atoms with E-state index in [4.69, 9.17) is 0 Å². The number of halogens is 1. The predicted octanol–water partition coefficient (Wildman–Crippen LogP) is 1.39. The number of carbonyl (C=O) groups excluding carboxylic acids is 1. The Hall–Kier alpha value is -3.10. The van der Waals surface area contributed by atoms with Crippen LogP contribution in [0.25, 0.3) is 0 Å². The Morgan fingerprint density at radius 1 is 1.59 bits per heavy atom. The molecule has 0 radical (unpaired) electrons. The predicted molar refractivity (Wildman–Crippen MR) is 75.8 cm³/mol. The van der Waals surface area contributed by atoms with Gasteiger partial charge in [0.1, 0.15) is 12.0 Å². The molecule has 8 nitrogen and oxygen atoms in total. The number of hydrogen-bond donors (Lipinski definition) is 1. The van der Waals surface area contributed by atoms with Gasteiger partial charge in [-0.15, -0.1) is 0 Å². The van der Waals surface area contributed by atoms with Gasteiger partial charge in [-0.3, -0.25) is 4.79 Å². The van der Waals surface area contributed by atoms with Crippen molar-refractivity contribution in [2.24, 2.45) is 5.10 Å². The molecule has 2 aromatic rings. The van der Waals surface area contributed by atoms with Gasteiger partial charge in [0, 0.05) is 6.92 Å². The maximum atomic E-state index is 12.9. The largest absolute Gasteiger partial charge is 0.358 e. The molecule has 1 N–H and O–H groups in total. The first-order chi connectivity index (χ1) is 10.5. The van der Waals surface area contributed by atoms with Crippen LogP contribution in [0.5, 0.6) is 0 Å². The Kier molecular flexibility index (Phi) is 4.57. The lowest BCUT2D eigenvalue weighted by Crippen LogP contribution is -2.24. The Labute approximate surface area is 124 Å². The van der Waals surface area contributed by atoms with Crippen molar-refractivity contribution in [3.05, 3.63) is 57.8 Å². The molecule has 0 fully saturated rings. The molecule has 22 heavy (non-hydrogen) atoms. The second kappa shape index (κ2) is 6.57. The zero-order valence-electron chi connectivity index (χ0n) is 11.6. The van der Waals surface area contributed by atoms with Gasteiger partial charge in [0.25, 0.3) is 5.91 Å². The number of aromatic nitrogens is 2. The van der Waals surface area contributed by atoms with Crippen LogP contribution in [0, 0.1) is 22.9 Å². The van der Waals surface area contributed by atoms with Crippen LogP contribution in [0.4, 0.5) is 10.2 Å². The van der Waals surface area contributed by atoms with Gasteiger partial charge in [-0.25, -0.2) is 19.4 Å². The second-order valence-corrected chi connectivity index (χ2v) is 4.36. The Morgan fingerprint density at radius 2 is 2.36 bits per heavy atom. The van der Waals surface area contributed by atoms with E-state index in [1.54, 1.807) is 13.0 Å². The van der Waals surface area contributed by atoms with E-state index >= 15 is 0 Å². The number of aryl methyl sites for hydroxylation is 1. The number of rotatable bonds is 5. The van der Waals surface area contributed by atoms with Crippen molar-refractivity contribution >= 4 is 17.9 Å². The van der Waals surface area contributed by atoms with Crippen molar-refractivity contribution in [2.75, 3.05) is 0 Å². The summed E-state index contributed by atoms with van der Waals surface area (Å²) in [6, 6.07) is 5.66. The molecule has 0 spiro atoms. The molecule has 0 bridgehead atoms. The average molecular weight is 305 g/mol. The average Bonchev–Trinajstić information content (AvgIpc) is 2.80. The molecule has 2 rings (SSSR count). The number of imidazole rings is 1. The lowest BCUT2D eigenvalue weighted by molar-refractivity contribution is -0.392. The van der Waals surface area contributed by atoms with Gasteiger partial charge in [-0.1, -0.05) is 12.1 Å². The van der Waals surface area contributed by atoms with Gasteiger partial charge < -0.3 is 10.1 Å². The number of nitro groups is 1. The van der Waals surface area contributed by atoms with E-state index in [-0.39, 0.29) is 12.4 Å². The fraction of sp³-hybridized carbons (Fsp3) is 0.154. The number of amides is 1. The fourth-order valence-corrected chi connectivity index (χ4v) is 1.74. The third kappa shape index (κ3) is 3.72. The summed E-state index contributed by atoms with van der Waals surface area (Å²) in [7, 11) is 0. The first-order valence-corrected chi connectivity index (χ1v) is 6.21. The molecule has 1 heterocycles. The van der Waals surface area contributed by atoms with Crippen LogP contribution in [0.2, 0.25) is 0 Å². The van der Waals surface area contributed by atoms with Gasteiger partial charge in [0.2, 0.25) is 0 Å². The number of nitrogens with zero attached hydrogens (tertiary/aromatic N) is 4. The van der Waals surface area contributed by atoms with E-state index in [0.29, 0.717) is 11.4 Å². The van der Waals surface area contributed by atoms with Crippen molar-refractivity contribution in [3.63, 3.8) is 0 Å². The Bertz CT molecular complexity index is 741.